The second-order valence-electron chi connectivity index (χ2n) is 2.84. The molecule has 2 nitrogen and oxygen atoms in total. The van der Waals surface area contributed by atoms with Crippen molar-refractivity contribution in [1.29, 1.82) is 0 Å². The Kier molecular flexibility index (Phi) is 2.41. The van der Waals surface area contributed by atoms with E-state index in [0.717, 1.165) is 10.4 Å². The molecule has 0 aliphatic heterocycles. The third-order valence-corrected chi connectivity index (χ3v) is 2.89. The van der Waals surface area contributed by atoms with Crippen LogP contribution in [0.1, 0.15) is 0 Å². The molecule has 1 aromatic carbocycles. The van der Waals surface area contributed by atoms with Gasteiger partial charge < -0.3 is 9.84 Å². The molecule has 0 atom stereocenters. The molecular formula is C11H10O2S. The Labute approximate surface area is 86.4 Å². The lowest BCUT2D eigenvalue weighted by Crippen LogP contribution is -1.86. The minimum Gasteiger partial charge on any atom is -0.504 e. The van der Waals surface area contributed by atoms with Gasteiger partial charge in [-0.05, 0) is 23.6 Å². The zero-order valence-corrected chi connectivity index (χ0v) is 8.54. The quantitative estimate of drug-likeness (QED) is 0.818. The predicted molar refractivity (Wildman–Crippen MR) is 58.0 cm³/mol. The average molecular weight is 206 g/mol. The number of rotatable bonds is 2. The number of phenols is 1. The molecule has 0 fully saturated rings. The van der Waals surface area contributed by atoms with E-state index in [1.165, 1.54) is 0 Å². The third kappa shape index (κ3) is 1.46. The molecule has 3 heteroatoms. The Morgan fingerprint density at radius 3 is 2.71 bits per heavy atom. The van der Waals surface area contributed by atoms with Crippen LogP contribution in [0.2, 0.25) is 0 Å². The summed E-state index contributed by atoms with van der Waals surface area (Å²) in [5.41, 5.74) is 0.933. The first-order valence-electron chi connectivity index (χ1n) is 4.23. The van der Waals surface area contributed by atoms with Gasteiger partial charge in [0, 0.05) is 10.4 Å². The van der Waals surface area contributed by atoms with E-state index in [2.05, 4.69) is 0 Å². The lowest BCUT2D eigenvalue weighted by atomic mass is 10.1. The van der Waals surface area contributed by atoms with Crippen LogP contribution in [0, 0.1) is 0 Å². The van der Waals surface area contributed by atoms with Crippen LogP contribution in [-0.2, 0) is 0 Å². The molecule has 0 amide bonds. The van der Waals surface area contributed by atoms with Crippen molar-refractivity contribution in [3.63, 3.8) is 0 Å². The van der Waals surface area contributed by atoms with Gasteiger partial charge in [0.15, 0.2) is 11.5 Å². The second kappa shape index (κ2) is 3.72. The zero-order valence-electron chi connectivity index (χ0n) is 7.73. The van der Waals surface area contributed by atoms with Gasteiger partial charge >= 0.3 is 0 Å². The Morgan fingerprint density at radius 2 is 2.07 bits per heavy atom. The van der Waals surface area contributed by atoms with Crippen molar-refractivity contribution in [3.05, 3.63) is 35.7 Å². The molecule has 0 unspecified atom stereocenters. The van der Waals surface area contributed by atoms with Crippen molar-refractivity contribution in [1.82, 2.24) is 0 Å². The molecule has 0 spiro atoms. The zero-order chi connectivity index (χ0) is 9.97. The fourth-order valence-corrected chi connectivity index (χ4v) is 2.11. The summed E-state index contributed by atoms with van der Waals surface area (Å²) in [4.78, 5) is 1.10. The Hall–Kier alpha value is -1.48. The van der Waals surface area contributed by atoms with Crippen molar-refractivity contribution in [3.8, 4) is 21.9 Å². The third-order valence-electron chi connectivity index (χ3n) is 1.99. The van der Waals surface area contributed by atoms with Crippen molar-refractivity contribution in [2.75, 3.05) is 7.11 Å². The van der Waals surface area contributed by atoms with Crippen molar-refractivity contribution < 1.29 is 9.84 Å². The number of ether oxygens (including phenoxy) is 1. The van der Waals surface area contributed by atoms with E-state index in [1.807, 2.05) is 29.6 Å². The molecule has 1 aromatic heterocycles. The van der Waals surface area contributed by atoms with Crippen LogP contribution in [0.4, 0.5) is 0 Å². The molecule has 0 bridgehead atoms. The van der Waals surface area contributed by atoms with Crippen molar-refractivity contribution in [2.24, 2.45) is 0 Å². The molecule has 0 saturated carbocycles. The molecule has 72 valence electrons. The van der Waals surface area contributed by atoms with Crippen LogP contribution in [0.3, 0.4) is 0 Å². The minimum absolute atomic E-state index is 0.179. The summed E-state index contributed by atoms with van der Waals surface area (Å²) in [6.07, 6.45) is 0. The summed E-state index contributed by atoms with van der Waals surface area (Å²) in [6, 6.07) is 9.35. The van der Waals surface area contributed by atoms with Crippen LogP contribution in [0.25, 0.3) is 10.4 Å². The molecule has 1 N–H and O–H groups in total. The average Bonchev–Trinajstić information content (AvgIpc) is 2.70. The van der Waals surface area contributed by atoms with Gasteiger partial charge in [-0.15, -0.1) is 11.3 Å². The number of phenolic OH excluding ortho intramolecular Hbond substituents is 1. The summed E-state index contributed by atoms with van der Waals surface area (Å²) in [5.74, 6) is 0.716. The summed E-state index contributed by atoms with van der Waals surface area (Å²) in [6.45, 7) is 0. The highest BCUT2D eigenvalue weighted by atomic mass is 32.1. The largest absolute Gasteiger partial charge is 0.504 e. The van der Waals surface area contributed by atoms with E-state index in [4.69, 9.17) is 4.74 Å². The molecule has 0 radical (unpaired) electrons. The van der Waals surface area contributed by atoms with E-state index in [-0.39, 0.29) is 5.75 Å². The van der Waals surface area contributed by atoms with Crippen LogP contribution in [-0.4, -0.2) is 12.2 Å². The minimum atomic E-state index is 0.179. The predicted octanol–water partition coefficient (Wildman–Crippen LogP) is 3.13. The lowest BCUT2D eigenvalue weighted by Gasteiger charge is -2.07. The SMILES string of the molecule is COc1c(O)cccc1-c1cccs1. The highest BCUT2D eigenvalue weighted by molar-refractivity contribution is 7.13. The highest BCUT2D eigenvalue weighted by Crippen LogP contribution is 2.38. The maximum absolute atomic E-state index is 9.57. The van der Waals surface area contributed by atoms with Gasteiger partial charge in [0.05, 0.1) is 7.11 Å². The van der Waals surface area contributed by atoms with Gasteiger partial charge in [0.2, 0.25) is 0 Å². The summed E-state index contributed by atoms with van der Waals surface area (Å²) < 4.78 is 5.16. The molecule has 0 saturated heterocycles. The number of aromatic hydroxyl groups is 1. The standard InChI is InChI=1S/C11H10O2S/c1-13-11-8(4-2-5-9(11)12)10-6-3-7-14-10/h2-7,12H,1H3. The highest BCUT2D eigenvalue weighted by Gasteiger charge is 2.09. The summed E-state index contributed by atoms with van der Waals surface area (Å²) >= 11 is 1.62. The number of hydrogen-bond donors (Lipinski definition) is 1. The van der Waals surface area contributed by atoms with E-state index >= 15 is 0 Å². The van der Waals surface area contributed by atoms with E-state index in [0.29, 0.717) is 5.75 Å². The first-order valence-corrected chi connectivity index (χ1v) is 5.10. The molecule has 2 aromatic rings. The maximum atomic E-state index is 9.57. The topological polar surface area (TPSA) is 29.5 Å². The summed E-state index contributed by atoms with van der Waals surface area (Å²) in [5, 5.41) is 11.6. The molecule has 0 aliphatic rings. The Balaban J connectivity index is 2.58. The van der Waals surface area contributed by atoms with Gasteiger partial charge in [0.25, 0.3) is 0 Å². The van der Waals surface area contributed by atoms with Crippen LogP contribution < -0.4 is 4.74 Å². The number of para-hydroxylation sites is 1. The first-order chi connectivity index (χ1) is 6.83. The van der Waals surface area contributed by atoms with Crippen LogP contribution >= 0.6 is 11.3 Å². The van der Waals surface area contributed by atoms with Crippen molar-refractivity contribution in [2.45, 2.75) is 0 Å². The van der Waals surface area contributed by atoms with Gasteiger partial charge in [-0.25, -0.2) is 0 Å². The maximum Gasteiger partial charge on any atom is 0.169 e. The normalized spacial score (nSPS) is 10.1. The smallest absolute Gasteiger partial charge is 0.169 e. The fourth-order valence-electron chi connectivity index (χ4n) is 1.37. The van der Waals surface area contributed by atoms with Gasteiger partial charge in [0.1, 0.15) is 0 Å². The molecule has 14 heavy (non-hydrogen) atoms. The number of hydrogen-bond acceptors (Lipinski definition) is 3. The van der Waals surface area contributed by atoms with Crippen LogP contribution in [0.15, 0.2) is 35.7 Å². The number of thiophene rings is 1. The molecule has 1 heterocycles. The molecular weight excluding hydrogens is 196 g/mol. The lowest BCUT2D eigenvalue weighted by molar-refractivity contribution is 0.375. The monoisotopic (exact) mass is 206 g/mol. The second-order valence-corrected chi connectivity index (χ2v) is 3.78. The van der Waals surface area contributed by atoms with Gasteiger partial charge in [-0.2, -0.15) is 0 Å². The van der Waals surface area contributed by atoms with E-state index in [9.17, 15) is 5.11 Å². The summed E-state index contributed by atoms with van der Waals surface area (Å²) in [7, 11) is 1.56. The number of benzene rings is 1. The van der Waals surface area contributed by atoms with E-state index in [1.54, 1.807) is 24.5 Å². The van der Waals surface area contributed by atoms with E-state index < -0.39 is 0 Å². The fraction of sp³-hybridized carbons (Fsp3) is 0.0909. The van der Waals surface area contributed by atoms with Crippen molar-refractivity contribution >= 4 is 11.3 Å². The van der Waals surface area contributed by atoms with Gasteiger partial charge in [-0.3, -0.25) is 0 Å². The van der Waals surface area contributed by atoms with Crippen LogP contribution in [0.5, 0.6) is 11.5 Å². The Bertz CT molecular complexity index is 421. The molecule has 2 rings (SSSR count). The molecule has 0 aliphatic carbocycles. The number of methoxy groups -OCH3 is 1. The van der Waals surface area contributed by atoms with Gasteiger partial charge in [-0.1, -0.05) is 12.1 Å². The Morgan fingerprint density at radius 1 is 1.21 bits per heavy atom. The first kappa shape index (κ1) is 9.09.